The molecule has 1 aromatic carbocycles. The van der Waals surface area contributed by atoms with Crippen molar-refractivity contribution < 1.29 is 4.21 Å². The van der Waals surface area contributed by atoms with Gasteiger partial charge in [0.05, 0.1) is 33.3 Å². The summed E-state index contributed by atoms with van der Waals surface area (Å²) in [6.07, 6.45) is 1.70. The van der Waals surface area contributed by atoms with Crippen molar-refractivity contribution in [3.05, 3.63) is 54.4 Å². The lowest BCUT2D eigenvalue weighted by Crippen LogP contribution is -1.99. The topological polar surface area (TPSA) is 58.6 Å². The molecule has 0 fully saturated rings. The first-order chi connectivity index (χ1) is 8.83. The number of benzene rings is 1. The molecule has 0 spiro atoms. The second-order valence-electron chi connectivity index (χ2n) is 3.87. The molecule has 2 heterocycles. The highest BCUT2D eigenvalue weighted by atomic mass is 32.2. The minimum absolute atomic E-state index is 0.376. The number of pyridine rings is 1. The van der Waals surface area contributed by atoms with Gasteiger partial charge in [-0.1, -0.05) is 18.2 Å². The van der Waals surface area contributed by atoms with Crippen LogP contribution in [0.2, 0.25) is 0 Å². The third kappa shape index (κ3) is 2.17. The largest absolute Gasteiger partial charge is 0.331 e. The van der Waals surface area contributed by atoms with Crippen LogP contribution in [-0.4, -0.2) is 19.2 Å². The van der Waals surface area contributed by atoms with Crippen molar-refractivity contribution in [2.24, 2.45) is 0 Å². The Labute approximate surface area is 107 Å². The van der Waals surface area contributed by atoms with E-state index in [0.717, 1.165) is 16.7 Å². The van der Waals surface area contributed by atoms with Gasteiger partial charge in [0.1, 0.15) is 0 Å². The van der Waals surface area contributed by atoms with Crippen LogP contribution in [0.3, 0.4) is 0 Å². The van der Waals surface area contributed by atoms with E-state index in [2.05, 4.69) is 15.0 Å². The lowest BCUT2D eigenvalue weighted by Gasteiger charge is -1.97. The first-order valence-electron chi connectivity index (χ1n) is 5.56. The summed E-state index contributed by atoms with van der Waals surface area (Å²) in [7, 11) is -1.20. The third-order valence-corrected chi connectivity index (χ3v) is 3.77. The number of nitrogens with zero attached hydrogens (tertiary/aromatic N) is 2. The Morgan fingerprint density at radius 2 is 1.94 bits per heavy atom. The number of rotatable bonds is 3. The number of imidazole rings is 1. The summed E-state index contributed by atoms with van der Waals surface area (Å²) in [6.45, 7) is 0. The minimum atomic E-state index is -1.20. The Morgan fingerprint density at radius 3 is 2.72 bits per heavy atom. The molecule has 3 rings (SSSR count). The number of aromatic amines is 1. The number of H-pyrrole nitrogens is 1. The van der Waals surface area contributed by atoms with Gasteiger partial charge in [-0.05, 0) is 24.3 Å². The average molecular weight is 257 g/mol. The van der Waals surface area contributed by atoms with Crippen LogP contribution in [0.25, 0.3) is 11.0 Å². The Morgan fingerprint density at radius 1 is 1.11 bits per heavy atom. The van der Waals surface area contributed by atoms with Crippen LogP contribution in [0.1, 0.15) is 5.69 Å². The molecular weight excluding hydrogens is 246 g/mol. The third-order valence-electron chi connectivity index (χ3n) is 2.59. The van der Waals surface area contributed by atoms with E-state index in [9.17, 15) is 4.21 Å². The molecular formula is C13H11N3OS. The zero-order chi connectivity index (χ0) is 12.4. The van der Waals surface area contributed by atoms with Crippen molar-refractivity contribution in [1.82, 2.24) is 15.0 Å². The van der Waals surface area contributed by atoms with Crippen LogP contribution in [0.4, 0.5) is 0 Å². The van der Waals surface area contributed by atoms with Crippen LogP contribution in [0.5, 0.6) is 0 Å². The quantitative estimate of drug-likeness (QED) is 0.783. The van der Waals surface area contributed by atoms with Crippen LogP contribution in [0, 0.1) is 0 Å². The van der Waals surface area contributed by atoms with E-state index < -0.39 is 10.8 Å². The molecule has 3 aromatic rings. The van der Waals surface area contributed by atoms with E-state index in [1.165, 1.54) is 0 Å². The summed E-state index contributed by atoms with van der Waals surface area (Å²) in [5.41, 5.74) is 2.54. The van der Waals surface area contributed by atoms with Gasteiger partial charge >= 0.3 is 0 Å². The van der Waals surface area contributed by atoms with Gasteiger partial charge in [-0.3, -0.25) is 9.19 Å². The lowest BCUT2D eigenvalue weighted by molar-refractivity contribution is 0.677. The molecule has 0 amide bonds. The fourth-order valence-electron chi connectivity index (χ4n) is 1.72. The molecule has 0 aliphatic rings. The van der Waals surface area contributed by atoms with Crippen LogP contribution < -0.4 is 0 Å². The minimum Gasteiger partial charge on any atom is -0.331 e. The molecule has 0 saturated heterocycles. The molecule has 0 radical (unpaired) electrons. The maximum atomic E-state index is 12.2. The van der Waals surface area contributed by atoms with Crippen molar-refractivity contribution in [2.75, 3.05) is 0 Å². The maximum absolute atomic E-state index is 12.2. The second kappa shape index (κ2) is 4.70. The van der Waals surface area contributed by atoms with Gasteiger partial charge in [0, 0.05) is 6.20 Å². The zero-order valence-electron chi connectivity index (χ0n) is 9.54. The predicted octanol–water partition coefficient (Wildman–Crippen LogP) is 2.27. The van der Waals surface area contributed by atoms with Gasteiger partial charge in [-0.15, -0.1) is 0 Å². The SMILES string of the molecule is O=[S@@](Cc1ccccn1)c1nc2ccccc2[nH]1. The average Bonchev–Trinajstić information content (AvgIpc) is 2.84. The van der Waals surface area contributed by atoms with E-state index >= 15 is 0 Å². The molecule has 0 unspecified atom stereocenters. The second-order valence-corrected chi connectivity index (χ2v) is 5.24. The summed E-state index contributed by atoms with van der Waals surface area (Å²) in [5.74, 6) is 0.376. The molecule has 1 atom stereocenters. The lowest BCUT2D eigenvalue weighted by atomic mass is 10.3. The smallest absolute Gasteiger partial charge is 0.197 e. The van der Waals surface area contributed by atoms with Crippen LogP contribution in [-0.2, 0) is 16.6 Å². The van der Waals surface area contributed by atoms with E-state index in [-0.39, 0.29) is 0 Å². The molecule has 0 aliphatic heterocycles. The van der Waals surface area contributed by atoms with E-state index in [1.54, 1.807) is 6.20 Å². The van der Waals surface area contributed by atoms with Gasteiger partial charge in [0.15, 0.2) is 5.16 Å². The Kier molecular flexibility index (Phi) is 2.90. The molecule has 0 aliphatic carbocycles. The van der Waals surface area contributed by atoms with Crippen LogP contribution >= 0.6 is 0 Å². The fraction of sp³-hybridized carbons (Fsp3) is 0.0769. The van der Waals surface area contributed by atoms with Gasteiger partial charge in [0.25, 0.3) is 0 Å². The fourth-order valence-corrected chi connectivity index (χ4v) is 2.72. The molecule has 0 bridgehead atoms. The predicted molar refractivity (Wildman–Crippen MR) is 70.4 cm³/mol. The molecule has 18 heavy (non-hydrogen) atoms. The maximum Gasteiger partial charge on any atom is 0.197 e. The van der Waals surface area contributed by atoms with Crippen molar-refractivity contribution in [3.8, 4) is 0 Å². The molecule has 1 N–H and O–H groups in total. The molecule has 4 nitrogen and oxygen atoms in total. The summed E-state index contributed by atoms with van der Waals surface area (Å²) in [4.78, 5) is 11.6. The first kappa shape index (κ1) is 11.1. The van der Waals surface area contributed by atoms with E-state index in [4.69, 9.17) is 0 Å². The van der Waals surface area contributed by atoms with Crippen molar-refractivity contribution in [1.29, 1.82) is 0 Å². The molecule has 0 saturated carbocycles. The van der Waals surface area contributed by atoms with Crippen molar-refractivity contribution in [2.45, 2.75) is 10.9 Å². The highest BCUT2D eigenvalue weighted by molar-refractivity contribution is 7.84. The van der Waals surface area contributed by atoms with Crippen molar-refractivity contribution in [3.63, 3.8) is 0 Å². The Hall–Kier alpha value is -2.01. The van der Waals surface area contributed by atoms with Crippen molar-refractivity contribution >= 4 is 21.8 Å². The summed E-state index contributed by atoms with van der Waals surface area (Å²) in [5, 5.41) is 0.502. The number of hydrogen-bond acceptors (Lipinski definition) is 3. The van der Waals surface area contributed by atoms with Gasteiger partial charge in [-0.2, -0.15) is 0 Å². The number of nitrogens with one attached hydrogen (secondary N) is 1. The Balaban J connectivity index is 1.88. The van der Waals surface area contributed by atoms with Gasteiger partial charge in [-0.25, -0.2) is 4.98 Å². The number of fused-ring (bicyclic) bond motifs is 1. The number of para-hydroxylation sites is 2. The number of hydrogen-bond donors (Lipinski definition) is 1. The Bertz CT molecular complexity index is 661. The standard InChI is InChI=1S/C13H11N3OS/c17-18(9-10-5-3-4-8-14-10)13-15-11-6-1-2-7-12(11)16-13/h1-8H,9H2,(H,15,16)/t18-/m0/s1. The monoisotopic (exact) mass is 257 g/mol. The highest BCUT2D eigenvalue weighted by Gasteiger charge is 2.10. The number of aromatic nitrogens is 3. The zero-order valence-corrected chi connectivity index (χ0v) is 10.4. The van der Waals surface area contributed by atoms with E-state index in [0.29, 0.717) is 10.9 Å². The first-order valence-corrected chi connectivity index (χ1v) is 6.88. The highest BCUT2D eigenvalue weighted by Crippen LogP contribution is 2.14. The summed E-state index contributed by atoms with van der Waals surface area (Å²) < 4.78 is 12.2. The van der Waals surface area contributed by atoms with Crippen LogP contribution in [0.15, 0.2) is 53.8 Å². The summed E-state index contributed by atoms with van der Waals surface area (Å²) >= 11 is 0. The molecule has 2 aromatic heterocycles. The summed E-state index contributed by atoms with van der Waals surface area (Å²) in [6, 6.07) is 13.2. The molecule has 90 valence electrons. The normalized spacial score (nSPS) is 12.7. The van der Waals surface area contributed by atoms with Gasteiger partial charge in [0.2, 0.25) is 0 Å². The van der Waals surface area contributed by atoms with Gasteiger partial charge < -0.3 is 4.98 Å². The molecule has 5 heteroatoms. The van der Waals surface area contributed by atoms with E-state index in [1.807, 2.05) is 42.5 Å².